The monoisotopic (exact) mass is 294 g/mol. The Morgan fingerprint density at radius 1 is 1.40 bits per heavy atom. The maximum atomic E-state index is 12.5. The van der Waals surface area contributed by atoms with Crippen LogP contribution in [0.25, 0.3) is 0 Å². The van der Waals surface area contributed by atoms with Gasteiger partial charge < -0.3 is 10.2 Å². The van der Waals surface area contributed by atoms with Gasteiger partial charge in [-0.2, -0.15) is 0 Å². The molecule has 0 bridgehead atoms. The Bertz CT molecular complexity index is 468. The molecule has 1 saturated heterocycles. The second kappa shape index (κ2) is 7.09. The summed E-state index contributed by atoms with van der Waals surface area (Å²) in [7, 11) is 0. The minimum atomic E-state index is 0.118. The fraction of sp³-hybridized carbons (Fsp3) is 0.562. The van der Waals surface area contributed by atoms with Crippen LogP contribution in [0.4, 0.5) is 0 Å². The summed E-state index contributed by atoms with van der Waals surface area (Å²) in [6.07, 6.45) is 2.16. The number of benzene rings is 1. The zero-order valence-electron chi connectivity index (χ0n) is 12.3. The van der Waals surface area contributed by atoms with Crippen molar-refractivity contribution in [1.29, 1.82) is 0 Å². The Balaban J connectivity index is 1.96. The first kappa shape index (κ1) is 15.3. The van der Waals surface area contributed by atoms with Crippen LogP contribution >= 0.6 is 11.6 Å². The molecule has 20 heavy (non-hydrogen) atoms. The molecular weight excluding hydrogens is 272 g/mol. The van der Waals surface area contributed by atoms with E-state index in [0.29, 0.717) is 10.9 Å². The molecule has 1 amide bonds. The van der Waals surface area contributed by atoms with Gasteiger partial charge in [-0.3, -0.25) is 4.79 Å². The van der Waals surface area contributed by atoms with E-state index in [9.17, 15) is 4.79 Å². The fourth-order valence-electron chi connectivity index (χ4n) is 2.70. The molecule has 0 spiro atoms. The predicted molar refractivity (Wildman–Crippen MR) is 83.4 cm³/mol. The average molecular weight is 295 g/mol. The van der Waals surface area contributed by atoms with Gasteiger partial charge in [0.15, 0.2) is 0 Å². The molecular formula is C16H23ClN2O. The van der Waals surface area contributed by atoms with E-state index < -0.39 is 0 Å². The van der Waals surface area contributed by atoms with E-state index in [4.69, 9.17) is 11.6 Å². The summed E-state index contributed by atoms with van der Waals surface area (Å²) in [5.41, 5.74) is 1.62. The van der Waals surface area contributed by atoms with Crippen molar-refractivity contribution in [2.24, 2.45) is 5.92 Å². The highest BCUT2D eigenvalue weighted by Crippen LogP contribution is 2.23. The number of amides is 1. The second-order valence-electron chi connectivity index (χ2n) is 5.46. The molecule has 0 atom stereocenters. The first-order valence-electron chi connectivity index (χ1n) is 7.38. The van der Waals surface area contributed by atoms with Crippen LogP contribution in [-0.4, -0.2) is 37.0 Å². The van der Waals surface area contributed by atoms with Crippen molar-refractivity contribution in [2.75, 3.05) is 26.2 Å². The lowest BCUT2D eigenvalue weighted by molar-refractivity contribution is 0.0689. The minimum absolute atomic E-state index is 0.118. The van der Waals surface area contributed by atoms with Crippen LogP contribution in [0.5, 0.6) is 0 Å². The van der Waals surface area contributed by atoms with Gasteiger partial charge in [0.1, 0.15) is 0 Å². The normalized spacial score (nSPS) is 16.4. The van der Waals surface area contributed by atoms with Crippen molar-refractivity contribution < 1.29 is 4.79 Å². The maximum Gasteiger partial charge on any atom is 0.254 e. The number of halogens is 1. The van der Waals surface area contributed by atoms with Crippen LogP contribution in [0.2, 0.25) is 5.02 Å². The predicted octanol–water partition coefficient (Wildman–Crippen LogP) is 3.11. The van der Waals surface area contributed by atoms with Crippen LogP contribution in [0, 0.1) is 12.8 Å². The van der Waals surface area contributed by atoms with E-state index in [1.54, 1.807) is 0 Å². The third-order valence-electron chi connectivity index (χ3n) is 4.08. The SMILES string of the molecule is CCNCC1CCN(C(=O)c2cccc(Cl)c2C)CC1. The number of rotatable bonds is 4. The molecule has 0 aromatic heterocycles. The molecule has 1 aliphatic rings. The highest BCUT2D eigenvalue weighted by Gasteiger charge is 2.24. The first-order valence-corrected chi connectivity index (χ1v) is 7.76. The van der Waals surface area contributed by atoms with Crippen LogP contribution in [0.1, 0.15) is 35.7 Å². The van der Waals surface area contributed by atoms with Gasteiger partial charge in [-0.25, -0.2) is 0 Å². The van der Waals surface area contributed by atoms with E-state index in [-0.39, 0.29) is 5.91 Å². The molecule has 0 radical (unpaired) electrons. The molecule has 0 unspecified atom stereocenters. The van der Waals surface area contributed by atoms with Gasteiger partial charge in [0, 0.05) is 23.7 Å². The van der Waals surface area contributed by atoms with Crippen LogP contribution in [0.3, 0.4) is 0 Å². The van der Waals surface area contributed by atoms with Gasteiger partial charge in [-0.05, 0) is 56.5 Å². The number of hydrogen-bond acceptors (Lipinski definition) is 2. The number of nitrogens with zero attached hydrogens (tertiary/aromatic N) is 1. The topological polar surface area (TPSA) is 32.3 Å². The van der Waals surface area contributed by atoms with Crippen molar-refractivity contribution in [3.05, 3.63) is 34.3 Å². The summed E-state index contributed by atoms with van der Waals surface area (Å²) >= 11 is 6.10. The smallest absolute Gasteiger partial charge is 0.254 e. The quantitative estimate of drug-likeness (QED) is 0.925. The summed E-state index contributed by atoms with van der Waals surface area (Å²) in [4.78, 5) is 14.5. The standard InChI is InChI=1S/C16H23ClN2O/c1-3-18-11-13-7-9-19(10-8-13)16(20)14-5-4-6-15(17)12(14)2/h4-6,13,18H,3,7-11H2,1-2H3. The lowest BCUT2D eigenvalue weighted by atomic mass is 9.96. The Labute approximate surface area is 126 Å². The zero-order valence-corrected chi connectivity index (χ0v) is 13.0. The Kier molecular flexibility index (Phi) is 5.44. The molecule has 1 aliphatic heterocycles. The summed E-state index contributed by atoms with van der Waals surface area (Å²) in [6.45, 7) is 7.81. The number of carbonyl (C=O) groups excluding carboxylic acids is 1. The van der Waals surface area contributed by atoms with E-state index in [2.05, 4.69) is 12.2 Å². The fourth-order valence-corrected chi connectivity index (χ4v) is 2.87. The Morgan fingerprint density at radius 3 is 2.75 bits per heavy atom. The summed E-state index contributed by atoms with van der Waals surface area (Å²) in [5.74, 6) is 0.811. The first-order chi connectivity index (χ1) is 9.63. The highest BCUT2D eigenvalue weighted by atomic mass is 35.5. The van der Waals surface area contributed by atoms with Crippen LogP contribution in [0.15, 0.2) is 18.2 Å². The average Bonchev–Trinajstić information content (AvgIpc) is 2.48. The summed E-state index contributed by atoms with van der Waals surface area (Å²) in [5, 5.41) is 4.05. The molecule has 0 saturated carbocycles. The van der Waals surface area contributed by atoms with E-state index in [1.165, 1.54) is 0 Å². The molecule has 4 heteroatoms. The van der Waals surface area contributed by atoms with Gasteiger partial charge in [-0.15, -0.1) is 0 Å². The lowest BCUT2D eigenvalue weighted by Gasteiger charge is -2.32. The summed E-state index contributed by atoms with van der Waals surface area (Å²) < 4.78 is 0. The molecule has 1 heterocycles. The number of piperidine rings is 1. The minimum Gasteiger partial charge on any atom is -0.339 e. The zero-order chi connectivity index (χ0) is 14.5. The Morgan fingerprint density at radius 2 is 2.10 bits per heavy atom. The van der Waals surface area contributed by atoms with Crippen molar-refractivity contribution in [3.63, 3.8) is 0 Å². The van der Waals surface area contributed by atoms with Gasteiger partial charge in [-0.1, -0.05) is 24.6 Å². The van der Waals surface area contributed by atoms with E-state index >= 15 is 0 Å². The van der Waals surface area contributed by atoms with Gasteiger partial charge in [0.2, 0.25) is 0 Å². The highest BCUT2D eigenvalue weighted by molar-refractivity contribution is 6.31. The van der Waals surface area contributed by atoms with E-state index in [0.717, 1.165) is 50.1 Å². The van der Waals surface area contributed by atoms with Crippen molar-refractivity contribution >= 4 is 17.5 Å². The molecule has 1 N–H and O–H groups in total. The molecule has 3 nitrogen and oxygen atoms in total. The molecule has 110 valence electrons. The molecule has 2 rings (SSSR count). The third-order valence-corrected chi connectivity index (χ3v) is 4.49. The van der Waals surface area contributed by atoms with Gasteiger partial charge in [0.05, 0.1) is 0 Å². The molecule has 1 fully saturated rings. The maximum absolute atomic E-state index is 12.5. The lowest BCUT2D eigenvalue weighted by Crippen LogP contribution is -2.41. The van der Waals surface area contributed by atoms with Crippen molar-refractivity contribution in [1.82, 2.24) is 10.2 Å². The Hall–Kier alpha value is -1.06. The molecule has 0 aliphatic carbocycles. The van der Waals surface area contributed by atoms with Gasteiger partial charge >= 0.3 is 0 Å². The number of likely N-dealkylation sites (tertiary alicyclic amines) is 1. The van der Waals surface area contributed by atoms with E-state index in [1.807, 2.05) is 30.0 Å². The van der Waals surface area contributed by atoms with Crippen LogP contribution in [-0.2, 0) is 0 Å². The largest absolute Gasteiger partial charge is 0.339 e. The van der Waals surface area contributed by atoms with Crippen molar-refractivity contribution in [2.45, 2.75) is 26.7 Å². The third kappa shape index (κ3) is 3.53. The summed E-state index contributed by atoms with van der Waals surface area (Å²) in [6, 6.07) is 5.55. The van der Waals surface area contributed by atoms with Crippen LogP contribution < -0.4 is 5.32 Å². The van der Waals surface area contributed by atoms with Crippen molar-refractivity contribution in [3.8, 4) is 0 Å². The number of carbonyl (C=O) groups is 1. The number of hydrogen-bond donors (Lipinski definition) is 1. The van der Waals surface area contributed by atoms with Gasteiger partial charge in [0.25, 0.3) is 5.91 Å². The molecule has 1 aromatic rings. The number of nitrogens with one attached hydrogen (secondary N) is 1. The molecule has 1 aromatic carbocycles. The second-order valence-corrected chi connectivity index (χ2v) is 5.86.